The smallest absolute Gasteiger partial charge is 0.205 e. The summed E-state index contributed by atoms with van der Waals surface area (Å²) in [6.07, 6.45) is 2.64. The van der Waals surface area contributed by atoms with Crippen molar-refractivity contribution in [2.45, 2.75) is 0 Å². The highest BCUT2D eigenvalue weighted by molar-refractivity contribution is 6.16. The number of nitrogen functional groups attached to an aromatic ring is 1. The number of nitrogens with zero attached hydrogens (tertiary/aromatic N) is 2. The number of nitrogens with one attached hydrogen (secondary N) is 1. The predicted octanol–water partition coefficient (Wildman–Crippen LogP) is 3.21. The molecule has 3 N–H and O–H groups in total. The van der Waals surface area contributed by atoms with Gasteiger partial charge in [0.15, 0.2) is 5.82 Å². The number of H-pyrrole nitrogens is 1. The van der Waals surface area contributed by atoms with Crippen molar-refractivity contribution in [3.8, 4) is 0 Å². The Kier molecular flexibility index (Phi) is 3.07. The topological polar surface area (TPSA) is 76.1 Å². The molecule has 1 aromatic carbocycles. The number of fused-ring (bicyclic) bond motifs is 1. The highest BCUT2D eigenvalue weighted by atomic mass is 19.1. The average molecular weight is 298 g/mol. The summed E-state index contributed by atoms with van der Waals surface area (Å²) in [6, 6.07) is 3.42. The zero-order valence-electron chi connectivity index (χ0n) is 11.0. The van der Waals surface area contributed by atoms with E-state index in [1.165, 1.54) is 18.5 Å². The highest BCUT2D eigenvalue weighted by Gasteiger charge is 2.23. The second-order valence-electron chi connectivity index (χ2n) is 4.56. The number of carbonyl (C=O) groups excluding carboxylic acids is 1. The maximum Gasteiger partial charge on any atom is 0.205 e. The minimum atomic E-state index is -1.10. The van der Waals surface area contributed by atoms with Crippen molar-refractivity contribution < 1.29 is 13.6 Å². The third kappa shape index (κ3) is 1.98. The van der Waals surface area contributed by atoms with Gasteiger partial charge in [0.2, 0.25) is 11.5 Å². The number of nitrogens with two attached hydrogens (primary N) is 1. The first kappa shape index (κ1) is 13.7. The molecule has 0 fully saturated rings. The van der Waals surface area contributed by atoms with Gasteiger partial charge in [-0.15, -0.1) is 0 Å². The SMILES string of the molecule is [C-]#[N+]c1cnc2[nH]cc(C(=O)c3c(F)ccc(N)c3F)c2c1. The number of ketones is 1. The van der Waals surface area contributed by atoms with E-state index in [4.69, 9.17) is 12.3 Å². The van der Waals surface area contributed by atoms with Gasteiger partial charge in [-0.1, -0.05) is 0 Å². The highest BCUT2D eigenvalue weighted by Crippen LogP contribution is 2.27. The van der Waals surface area contributed by atoms with Gasteiger partial charge in [0, 0.05) is 23.3 Å². The van der Waals surface area contributed by atoms with Crippen LogP contribution in [0.15, 0.2) is 30.6 Å². The molecule has 3 rings (SSSR count). The van der Waals surface area contributed by atoms with Crippen LogP contribution in [0.3, 0.4) is 0 Å². The number of hydrogen-bond acceptors (Lipinski definition) is 3. The van der Waals surface area contributed by atoms with Crippen LogP contribution >= 0.6 is 0 Å². The molecule has 0 aliphatic heterocycles. The van der Waals surface area contributed by atoms with Gasteiger partial charge in [-0.2, -0.15) is 0 Å². The number of anilines is 1. The summed E-state index contributed by atoms with van der Waals surface area (Å²) in [5.74, 6) is -2.97. The summed E-state index contributed by atoms with van der Waals surface area (Å²) in [5.41, 5.74) is 4.93. The van der Waals surface area contributed by atoms with Gasteiger partial charge >= 0.3 is 0 Å². The minimum Gasteiger partial charge on any atom is -0.396 e. The quantitative estimate of drug-likeness (QED) is 0.433. The Morgan fingerprint density at radius 1 is 1.36 bits per heavy atom. The molecule has 0 spiro atoms. The van der Waals surface area contributed by atoms with E-state index in [1.807, 2.05) is 0 Å². The molecule has 0 aliphatic rings. The first-order valence-electron chi connectivity index (χ1n) is 6.15. The van der Waals surface area contributed by atoms with Crippen LogP contribution in [0.25, 0.3) is 15.9 Å². The minimum absolute atomic E-state index is 0.0244. The Bertz CT molecular complexity index is 956. The van der Waals surface area contributed by atoms with Crippen molar-refractivity contribution in [3.63, 3.8) is 0 Å². The fourth-order valence-electron chi connectivity index (χ4n) is 2.15. The van der Waals surface area contributed by atoms with Crippen LogP contribution in [0.5, 0.6) is 0 Å². The molecule has 0 aliphatic carbocycles. The molecule has 7 heteroatoms. The maximum absolute atomic E-state index is 14.0. The van der Waals surface area contributed by atoms with Crippen LogP contribution in [0.4, 0.5) is 20.2 Å². The van der Waals surface area contributed by atoms with Gasteiger partial charge in [-0.25, -0.2) is 13.6 Å². The lowest BCUT2D eigenvalue weighted by atomic mass is 10.0. The zero-order valence-corrected chi connectivity index (χ0v) is 11.0. The third-order valence-corrected chi connectivity index (χ3v) is 3.24. The van der Waals surface area contributed by atoms with E-state index in [2.05, 4.69) is 14.8 Å². The van der Waals surface area contributed by atoms with Crippen molar-refractivity contribution in [3.05, 3.63) is 64.8 Å². The van der Waals surface area contributed by atoms with Crippen LogP contribution < -0.4 is 5.73 Å². The number of aromatic amines is 1. The molecule has 22 heavy (non-hydrogen) atoms. The molecule has 2 heterocycles. The van der Waals surface area contributed by atoms with E-state index in [9.17, 15) is 13.6 Å². The molecule has 0 amide bonds. The number of hydrogen-bond donors (Lipinski definition) is 2. The molecule has 108 valence electrons. The van der Waals surface area contributed by atoms with Crippen LogP contribution in [0, 0.1) is 18.2 Å². The van der Waals surface area contributed by atoms with Gasteiger partial charge < -0.3 is 10.7 Å². The summed E-state index contributed by atoms with van der Waals surface area (Å²) < 4.78 is 27.8. The van der Waals surface area contributed by atoms with Gasteiger partial charge in [0.25, 0.3) is 0 Å². The first-order chi connectivity index (χ1) is 10.5. The van der Waals surface area contributed by atoms with Crippen molar-refractivity contribution >= 4 is 28.2 Å². The van der Waals surface area contributed by atoms with E-state index in [0.717, 1.165) is 12.1 Å². The summed E-state index contributed by atoms with van der Waals surface area (Å²) in [4.78, 5) is 22.4. The van der Waals surface area contributed by atoms with Crippen LogP contribution in [0.2, 0.25) is 0 Å². The third-order valence-electron chi connectivity index (χ3n) is 3.24. The van der Waals surface area contributed by atoms with E-state index in [0.29, 0.717) is 11.0 Å². The molecule has 0 bridgehead atoms. The summed E-state index contributed by atoms with van der Waals surface area (Å²) in [7, 11) is 0. The molecule has 3 aromatic rings. The number of aromatic nitrogens is 2. The molecule has 2 aromatic heterocycles. The Balaban J connectivity index is 2.22. The largest absolute Gasteiger partial charge is 0.396 e. The molecule has 0 saturated carbocycles. The van der Waals surface area contributed by atoms with Gasteiger partial charge in [0.05, 0.1) is 17.8 Å². The van der Waals surface area contributed by atoms with Crippen LogP contribution in [-0.2, 0) is 0 Å². The lowest BCUT2D eigenvalue weighted by Gasteiger charge is -2.05. The van der Waals surface area contributed by atoms with Gasteiger partial charge in [-0.05, 0) is 18.2 Å². The number of halogens is 2. The number of pyridine rings is 1. The molecule has 5 nitrogen and oxygen atoms in total. The normalized spacial score (nSPS) is 10.6. The Morgan fingerprint density at radius 2 is 2.14 bits per heavy atom. The maximum atomic E-state index is 14.0. The van der Waals surface area contributed by atoms with Crippen LogP contribution in [-0.4, -0.2) is 15.8 Å². The van der Waals surface area contributed by atoms with E-state index < -0.39 is 23.0 Å². The van der Waals surface area contributed by atoms with Crippen molar-refractivity contribution in [2.75, 3.05) is 5.73 Å². The Morgan fingerprint density at radius 3 is 2.86 bits per heavy atom. The molecule has 0 atom stereocenters. The lowest BCUT2D eigenvalue weighted by Crippen LogP contribution is -2.09. The summed E-state index contributed by atoms with van der Waals surface area (Å²) >= 11 is 0. The van der Waals surface area contributed by atoms with Crippen molar-refractivity contribution in [1.29, 1.82) is 0 Å². The van der Waals surface area contributed by atoms with Crippen LogP contribution in [0.1, 0.15) is 15.9 Å². The monoisotopic (exact) mass is 298 g/mol. The second-order valence-corrected chi connectivity index (χ2v) is 4.56. The standard InChI is InChI=1S/C15H8F2N4O/c1-19-7-4-8-9(6-21-15(8)20-5-7)14(22)12-10(16)2-3-11(18)13(12)17/h2-6H,18H2,(H,20,21). The molecule has 0 unspecified atom stereocenters. The molecule has 0 radical (unpaired) electrons. The Labute approximate surface area is 123 Å². The second kappa shape index (κ2) is 4.93. The van der Waals surface area contributed by atoms with E-state index in [-0.39, 0.29) is 16.9 Å². The fourth-order valence-corrected chi connectivity index (χ4v) is 2.15. The summed E-state index contributed by atoms with van der Waals surface area (Å²) in [5, 5.41) is 0.319. The van der Waals surface area contributed by atoms with Crippen molar-refractivity contribution in [1.82, 2.24) is 9.97 Å². The van der Waals surface area contributed by atoms with Gasteiger partial charge in [-0.3, -0.25) is 9.78 Å². The van der Waals surface area contributed by atoms with E-state index >= 15 is 0 Å². The number of rotatable bonds is 2. The number of carbonyl (C=O) groups is 1. The number of benzene rings is 1. The lowest BCUT2D eigenvalue weighted by molar-refractivity contribution is 0.103. The summed E-state index contributed by atoms with van der Waals surface area (Å²) in [6.45, 7) is 6.96. The van der Waals surface area contributed by atoms with Crippen molar-refractivity contribution in [2.24, 2.45) is 0 Å². The predicted molar refractivity (Wildman–Crippen MR) is 76.6 cm³/mol. The first-order valence-corrected chi connectivity index (χ1v) is 6.15. The zero-order chi connectivity index (χ0) is 15.9. The van der Waals surface area contributed by atoms with E-state index in [1.54, 1.807) is 0 Å². The molecule has 0 saturated heterocycles. The molecular weight excluding hydrogens is 290 g/mol. The van der Waals surface area contributed by atoms with Gasteiger partial charge in [0.1, 0.15) is 11.5 Å². The average Bonchev–Trinajstić information content (AvgIpc) is 2.94. The molecular formula is C15H8F2N4O. The fraction of sp³-hybridized carbons (Fsp3) is 0. The Hall–Kier alpha value is -3.27.